The first-order valence-corrected chi connectivity index (χ1v) is 11.9. The molecule has 3 aromatic rings. The summed E-state index contributed by atoms with van der Waals surface area (Å²) in [7, 11) is -0.613. The Labute approximate surface area is 187 Å². The summed E-state index contributed by atoms with van der Waals surface area (Å²) in [6, 6.07) is 29.0. The Hall–Kier alpha value is -3.33. The molecular weight excluding hydrogens is 393 g/mol. The van der Waals surface area contributed by atoms with Gasteiger partial charge in [0.2, 0.25) is 0 Å². The summed E-state index contributed by atoms with van der Waals surface area (Å²) >= 11 is 0. The molecule has 1 N–H and O–H groups in total. The summed E-state index contributed by atoms with van der Waals surface area (Å²) in [5, 5.41) is 8.02. The largest absolute Gasteiger partial charge is 0.381 e. The second-order valence-corrected chi connectivity index (χ2v) is 9.67. The smallest absolute Gasteiger partial charge is 0.0407 e. The Morgan fingerprint density at radius 1 is 0.742 bits per heavy atom. The lowest BCUT2D eigenvalue weighted by atomic mass is 9.98. The van der Waals surface area contributed by atoms with E-state index >= 15 is 0 Å². The number of terminal acetylenes is 1. The minimum absolute atomic E-state index is 0.391. The number of allylic oxidation sites excluding steroid dienone is 5. The van der Waals surface area contributed by atoms with Gasteiger partial charge in [0.1, 0.15) is 0 Å². The van der Waals surface area contributed by atoms with E-state index in [4.69, 9.17) is 0 Å². The molecule has 1 aliphatic heterocycles. The van der Waals surface area contributed by atoms with Gasteiger partial charge in [0, 0.05) is 18.2 Å². The fourth-order valence-electron chi connectivity index (χ4n) is 4.17. The Morgan fingerprint density at radius 3 is 2.16 bits per heavy atom. The molecule has 0 aromatic heterocycles. The van der Waals surface area contributed by atoms with Crippen molar-refractivity contribution in [2.75, 3.05) is 0 Å². The molecule has 0 radical (unpaired) electrons. The van der Waals surface area contributed by atoms with E-state index in [1.807, 2.05) is 0 Å². The quantitative estimate of drug-likeness (QED) is 0.434. The summed E-state index contributed by atoms with van der Waals surface area (Å²) in [5.41, 5.74) is 4.03. The van der Waals surface area contributed by atoms with Crippen molar-refractivity contribution >= 4 is 23.8 Å². The monoisotopic (exact) mass is 419 g/mol. The molecular formula is C29H26NP. The number of hydrogen-bond acceptors (Lipinski definition) is 1. The zero-order valence-corrected chi connectivity index (χ0v) is 18.4. The van der Waals surface area contributed by atoms with Crippen molar-refractivity contribution in [3.8, 4) is 12.8 Å². The SMILES string of the molecule is C#C.C1=CC2=CC(C=C1)Cc1ccccc1P(c1ccccc1)c1ccccc1CN2. The molecule has 1 heterocycles. The number of rotatable bonds is 1. The summed E-state index contributed by atoms with van der Waals surface area (Å²) in [4.78, 5) is 0. The van der Waals surface area contributed by atoms with Crippen LogP contribution in [-0.2, 0) is 13.0 Å². The average Bonchev–Trinajstić information content (AvgIpc) is 3.07. The molecule has 0 amide bonds. The molecule has 3 aromatic carbocycles. The van der Waals surface area contributed by atoms with Gasteiger partial charge in [-0.2, -0.15) is 0 Å². The van der Waals surface area contributed by atoms with Gasteiger partial charge in [-0.1, -0.05) is 103 Å². The van der Waals surface area contributed by atoms with E-state index in [-0.39, 0.29) is 0 Å². The number of hydrogen-bond donors (Lipinski definition) is 1. The Bertz CT molecular complexity index is 1140. The molecule has 5 rings (SSSR count). The van der Waals surface area contributed by atoms with Gasteiger partial charge in [-0.05, 0) is 47.5 Å². The van der Waals surface area contributed by atoms with E-state index in [9.17, 15) is 0 Å². The number of benzene rings is 3. The van der Waals surface area contributed by atoms with E-state index in [0.29, 0.717) is 5.92 Å². The zero-order valence-electron chi connectivity index (χ0n) is 17.5. The predicted octanol–water partition coefficient (Wildman–Crippen LogP) is 4.97. The van der Waals surface area contributed by atoms with Crippen LogP contribution >= 0.6 is 7.92 Å². The second-order valence-electron chi connectivity index (χ2n) is 7.52. The molecule has 1 nitrogen and oxygen atoms in total. The highest BCUT2D eigenvalue weighted by atomic mass is 31.1. The molecule has 0 spiro atoms. The minimum atomic E-state index is -0.613. The standard InChI is InChI=1S/C27H24NP.C2H2/c1-2-14-25(15-3-1)29-26-16-8-5-11-22(26)18-21-10-4-7-13-24(19-21)28-20-23-12-6-9-17-27(23)29;1-2/h1-17,19,21,28H,18,20H2;1-2H. The first-order chi connectivity index (χ1) is 15.4. The molecule has 2 bridgehead atoms. The zero-order chi connectivity index (χ0) is 21.5. The fourth-order valence-corrected chi connectivity index (χ4v) is 6.82. The van der Waals surface area contributed by atoms with Crippen LogP contribution in [-0.4, -0.2) is 0 Å². The van der Waals surface area contributed by atoms with Crippen LogP contribution < -0.4 is 21.2 Å². The van der Waals surface area contributed by atoms with Crippen LogP contribution in [0.5, 0.6) is 0 Å². The molecule has 152 valence electrons. The molecule has 2 atom stereocenters. The maximum absolute atomic E-state index is 4.00. The van der Waals surface area contributed by atoms with Crippen LogP contribution in [0.4, 0.5) is 0 Å². The van der Waals surface area contributed by atoms with Crippen molar-refractivity contribution in [2.24, 2.45) is 5.92 Å². The van der Waals surface area contributed by atoms with E-state index in [1.165, 1.54) is 32.7 Å². The van der Waals surface area contributed by atoms with Crippen molar-refractivity contribution in [1.82, 2.24) is 5.32 Å². The Balaban J connectivity index is 0.00000112. The van der Waals surface area contributed by atoms with Gasteiger partial charge >= 0.3 is 0 Å². The molecule has 31 heavy (non-hydrogen) atoms. The van der Waals surface area contributed by atoms with Crippen LogP contribution in [0.2, 0.25) is 0 Å². The normalized spacial score (nSPS) is 19.1. The lowest BCUT2D eigenvalue weighted by molar-refractivity contribution is 0.771. The summed E-state index contributed by atoms with van der Waals surface area (Å²) < 4.78 is 0. The minimum Gasteiger partial charge on any atom is -0.381 e. The van der Waals surface area contributed by atoms with Crippen molar-refractivity contribution < 1.29 is 0 Å². The Kier molecular flexibility index (Phi) is 6.83. The topological polar surface area (TPSA) is 12.0 Å². The first-order valence-electron chi connectivity index (χ1n) is 10.5. The lowest BCUT2D eigenvalue weighted by Crippen LogP contribution is -2.27. The third-order valence-electron chi connectivity index (χ3n) is 5.56. The van der Waals surface area contributed by atoms with Crippen molar-refractivity contribution in [2.45, 2.75) is 13.0 Å². The van der Waals surface area contributed by atoms with Gasteiger partial charge in [-0.15, -0.1) is 12.8 Å². The highest BCUT2D eigenvalue weighted by Crippen LogP contribution is 2.36. The highest BCUT2D eigenvalue weighted by Gasteiger charge is 2.23. The summed E-state index contributed by atoms with van der Waals surface area (Å²) in [6.45, 7) is 0.840. The molecule has 1 aliphatic carbocycles. The van der Waals surface area contributed by atoms with E-state index < -0.39 is 7.92 Å². The van der Waals surface area contributed by atoms with Crippen molar-refractivity contribution in [1.29, 1.82) is 0 Å². The molecule has 2 aliphatic rings. The van der Waals surface area contributed by atoms with E-state index in [1.54, 1.807) is 0 Å². The summed E-state index contributed by atoms with van der Waals surface area (Å²) in [6.07, 6.45) is 20.2. The third kappa shape index (κ3) is 4.72. The van der Waals surface area contributed by atoms with Crippen molar-refractivity contribution in [3.05, 3.63) is 126 Å². The number of fused-ring (bicyclic) bond motifs is 3. The van der Waals surface area contributed by atoms with Crippen LogP contribution in [0.1, 0.15) is 11.1 Å². The van der Waals surface area contributed by atoms with Crippen LogP contribution in [0.25, 0.3) is 0 Å². The molecule has 2 heteroatoms. The first kappa shape index (κ1) is 20.9. The molecule has 0 saturated heterocycles. The van der Waals surface area contributed by atoms with E-state index in [0.717, 1.165) is 13.0 Å². The number of nitrogens with one attached hydrogen (secondary N) is 1. The van der Waals surface area contributed by atoms with Gasteiger partial charge in [0.25, 0.3) is 0 Å². The maximum Gasteiger partial charge on any atom is 0.0407 e. The average molecular weight is 420 g/mol. The lowest BCUT2D eigenvalue weighted by Gasteiger charge is -2.25. The van der Waals surface area contributed by atoms with E-state index in [2.05, 4.69) is 127 Å². The fraction of sp³-hybridized carbons (Fsp3) is 0.103. The third-order valence-corrected chi connectivity index (χ3v) is 8.21. The van der Waals surface area contributed by atoms with Gasteiger partial charge in [-0.3, -0.25) is 0 Å². The van der Waals surface area contributed by atoms with Gasteiger partial charge in [0.15, 0.2) is 0 Å². The van der Waals surface area contributed by atoms with Crippen molar-refractivity contribution in [3.63, 3.8) is 0 Å². The molecule has 0 fully saturated rings. The molecule has 0 saturated carbocycles. The second kappa shape index (κ2) is 10.1. The van der Waals surface area contributed by atoms with Gasteiger partial charge in [0.05, 0.1) is 0 Å². The van der Waals surface area contributed by atoms with Crippen LogP contribution in [0.3, 0.4) is 0 Å². The molecule has 2 unspecified atom stereocenters. The van der Waals surface area contributed by atoms with Crippen LogP contribution in [0, 0.1) is 18.8 Å². The predicted molar refractivity (Wildman–Crippen MR) is 135 cm³/mol. The maximum atomic E-state index is 4.00. The Morgan fingerprint density at radius 2 is 1.39 bits per heavy atom. The summed E-state index contributed by atoms with van der Waals surface area (Å²) in [5.74, 6) is 0.391. The van der Waals surface area contributed by atoms with Gasteiger partial charge < -0.3 is 5.32 Å². The highest BCUT2D eigenvalue weighted by molar-refractivity contribution is 7.80. The van der Waals surface area contributed by atoms with Gasteiger partial charge in [-0.25, -0.2) is 0 Å². The van der Waals surface area contributed by atoms with Crippen LogP contribution in [0.15, 0.2) is 115 Å².